The van der Waals surface area contributed by atoms with Crippen LogP contribution in [0.4, 0.5) is 4.39 Å². The second-order valence-electron chi connectivity index (χ2n) is 6.95. The fraction of sp³-hybridized carbons (Fsp3) is 0.0870. The summed E-state index contributed by atoms with van der Waals surface area (Å²) in [5.74, 6) is -0.607. The third-order valence-corrected chi connectivity index (χ3v) is 6.83. The lowest BCUT2D eigenvalue weighted by molar-refractivity contribution is 0.0679. The fourth-order valence-electron chi connectivity index (χ4n) is 3.11. The van der Waals surface area contributed by atoms with Crippen LogP contribution in [0.3, 0.4) is 0 Å². The number of carbonyl (C=O) groups is 1. The molecule has 0 radical (unpaired) electrons. The van der Waals surface area contributed by atoms with Crippen molar-refractivity contribution < 1.29 is 26.4 Å². The summed E-state index contributed by atoms with van der Waals surface area (Å²) < 4.78 is 50.9. The van der Waals surface area contributed by atoms with Crippen molar-refractivity contribution in [1.82, 2.24) is 4.90 Å². The van der Waals surface area contributed by atoms with Crippen LogP contribution in [0.25, 0.3) is 0 Å². The molecule has 0 bridgehead atoms. The molecule has 1 amide bonds. The van der Waals surface area contributed by atoms with Crippen molar-refractivity contribution >= 4 is 31.7 Å². The van der Waals surface area contributed by atoms with Crippen molar-refractivity contribution in [2.24, 2.45) is 0 Å². The van der Waals surface area contributed by atoms with Gasteiger partial charge in [-0.3, -0.25) is 4.79 Å². The molecule has 0 atom stereocenters. The minimum atomic E-state index is -3.93. The number of hydrogen-bond acceptors (Lipinski definition) is 5. The minimum Gasteiger partial charge on any atom is -0.467 e. The molecular weight excluding hydrogens is 501 g/mol. The standard InChI is InChI=1S/C23H17BrFNO5S/c24-17-6-8-20(9-7-17)32(28,29)22-11-10-21(31-22)23(27)26(15-19-5-2-12-30-19)14-16-3-1-4-18(25)13-16/h1-13H,14-15H2. The Kier molecular flexibility index (Phi) is 6.29. The van der Waals surface area contributed by atoms with Gasteiger partial charge < -0.3 is 13.7 Å². The summed E-state index contributed by atoms with van der Waals surface area (Å²) in [5, 5.41) is -0.341. The molecule has 9 heteroatoms. The van der Waals surface area contributed by atoms with E-state index in [1.165, 1.54) is 47.6 Å². The zero-order valence-corrected chi connectivity index (χ0v) is 19.0. The van der Waals surface area contributed by atoms with Crippen LogP contribution in [0, 0.1) is 5.82 Å². The van der Waals surface area contributed by atoms with Crippen LogP contribution in [0.2, 0.25) is 0 Å². The van der Waals surface area contributed by atoms with Crippen LogP contribution in [0.1, 0.15) is 21.9 Å². The van der Waals surface area contributed by atoms with Gasteiger partial charge in [0.2, 0.25) is 14.9 Å². The highest BCUT2D eigenvalue weighted by Crippen LogP contribution is 2.25. The van der Waals surface area contributed by atoms with Gasteiger partial charge in [0.05, 0.1) is 17.7 Å². The number of benzene rings is 2. The van der Waals surface area contributed by atoms with Crippen LogP contribution in [-0.2, 0) is 22.9 Å². The van der Waals surface area contributed by atoms with Crippen LogP contribution >= 0.6 is 15.9 Å². The lowest BCUT2D eigenvalue weighted by Crippen LogP contribution is -2.29. The Morgan fingerprint density at radius 3 is 2.44 bits per heavy atom. The molecule has 164 valence electrons. The Balaban J connectivity index is 1.62. The quantitative estimate of drug-likeness (QED) is 0.325. The summed E-state index contributed by atoms with van der Waals surface area (Å²) in [6.45, 7) is 0.171. The van der Waals surface area contributed by atoms with Gasteiger partial charge in [-0.25, -0.2) is 12.8 Å². The molecular formula is C23H17BrFNO5S. The molecule has 0 aliphatic heterocycles. The second kappa shape index (κ2) is 9.13. The van der Waals surface area contributed by atoms with Crippen molar-refractivity contribution in [1.29, 1.82) is 0 Å². The van der Waals surface area contributed by atoms with Crippen LogP contribution < -0.4 is 0 Å². The molecule has 0 spiro atoms. The van der Waals surface area contributed by atoms with Crippen molar-refractivity contribution in [3.8, 4) is 0 Å². The first-order valence-corrected chi connectivity index (χ1v) is 11.8. The number of nitrogens with zero attached hydrogens (tertiary/aromatic N) is 1. The first-order valence-electron chi connectivity index (χ1n) is 9.49. The van der Waals surface area contributed by atoms with Gasteiger partial charge in [0.25, 0.3) is 5.91 Å². The van der Waals surface area contributed by atoms with Crippen molar-refractivity contribution in [3.63, 3.8) is 0 Å². The van der Waals surface area contributed by atoms with Crippen LogP contribution in [0.15, 0.2) is 102 Å². The second-order valence-corrected chi connectivity index (χ2v) is 9.74. The smallest absolute Gasteiger partial charge is 0.290 e. The van der Waals surface area contributed by atoms with E-state index >= 15 is 0 Å². The van der Waals surface area contributed by atoms with Gasteiger partial charge >= 0.3 is 0 Å². The van der Waals surface area contributed by atoms with E-state index in [2.05, 4.69) is 15.9 Å². The molecule has 4 rings (SSSR count). The third-order valence-electron chi connectivity index (χ3n) is 4.66. The van der Waals surface area contributed by atoms with Gasteiger partial charge in [0.15, 0.2) is 5.76 Å². The van der Waals surface area contributed by atoms with Gasteiger partial charge in [-0.05, 0) is 66.2 Å². The first-order chi connectivity index (χ1) is 15.3. The van der Waals surface area contributed by atoms with E-state index in [1.54, 1.807) is 36.4 Å². The maximum atomic E-state index is 13.6. The summed E-state index contributed by atoms with van der Waals surface area (Å²) in [4.78, 5) is 14.6. The summed E-state index contributed by atoms with van der Waals surface area (Å²) in [5.41, 5.74) is 0.569. The first kappa shape index (κ1) is 22.0. The molecule has 0 aliphatic rings. The average molecular weight is 518 g/mol. The van der Waals surface area contributed by atoms with Crippen molar-refractivity contribution in [2.75, 3.05) is 0 Å². The van der Waals surface area contributed by atoms with Gasteiger partial charge in [0.1, 0.15) is 11.6 Å². The van der Waals surface area contributed by atoms with E-state index in [9.17, 15) is 17.6 Å². The molecule has 2 heterocycles. The Morgan fingerprint density at radius 2 is 1.75 bits per heavy atom. The highest BCUT2D eigenvalue weighted by Gasteiger charge is 2.26. The van der Waals surface area contributed by atoms with Crippen molar-refractivity contribution in [2.45, 2.75) is 23.1 Å². The van der Waals surface area contributed by atoms with Gasteiger partial charge in [-0.15, -0.1) is 0 Å². The van der Waals surface area contributed by atoms with Gasteiger partial charge in [-0.1, -0.05) is 28.1 Å². The largest absolute Gasteiger partial charge is 0.467 e. The lowest BCUT2D eigenvalue weighted by Gasteiger charge is -2.20. The van der Waals surface area contributed by atoms with Crippen LogP contribution in [-0.4, -0.2) is 19.2 Å². The molecule has 0 N–H and O–H groups in total. The number of furan rings is 2. The predicted molar refractivity (Wildman–Crippen MR) is 117 cm³/mol. The molecule has 0 saturated heterocycles. The SMILES string of the molecule is O=C(c1ccc(S(=O)(=O)c2ccc(Br)cc2)o1)N(Cc1cccc(F)c1)Cc1ccco1. The number of hydrogen-bond donors (Lipinski definition) is 0. The lowest BCUT2D eigenvalue weighted by atomic mass is 10.2. The van der Waals surface area contributed by atoms with Gasteiger partial charge in [-0.2, -0.15) is 0 Å². The molecule has 4 aromatic rings. The number of sulfone groups is 1. The zero-order valence-electron chi connectivity index (χ0n) is 16.6. The molecule has 6 nitrogen and oxygen atoms in total. The Hall–Kier alpha value is -3.17. The topological polar surface area (TPSA) is 80.7 Å². The Labute approximate surface area is 192 Å². The number of rotatable bonds is 7. The molecule has 0 unspecified atom stereocenters. The zero-order chi connectivity index (χ0) is 22.7. The molecule has 32 heavy (non-hydrogen) atoms. The minimum absolute atomic E-state index is 0.0428. The summed E-state index contributed by atoms with van der Waals surface area (Å²) in [6, 6.07) is 17.9. The molecule has 0 aliphatic carbocycles. The summed E-state index contributed by atoms with van der Waals surface area (Å²) in [6.07, 6.45) is 1.48. The Bertz CT molecular complexity index is 1330. The summed E-state index contributed by atoms with van der Waals surface area (Å²) >= 11 is 3.26. The molecule has 2 aromatic heterocycles. The maximum Gasteiger partial charge on any atom is 0.290 e. The maximum absolute atomic E-state index is 13.6. The number of carbonyl (C=O) groups excluding carboxylic acids is 1. The normalized spacial score (nSPS) is 11.4. The van der Waals surface area contributed by atoms with E-state index in [4.69, 9.17) is 8.83 Å². The van der Waals surface area contributed by atoms with Gasteiger partial charge in [0, 0.05) is 11.0 Å². The average Bonchev–Trinajstić information content (AvgIpc) is 3.46. The number of amides is 1. The van der Waals surface area contributed by atoms with E-state index in [0.29, 0.717) is 11.3 Å². The molecule has 2 aromatic carbocycles. The number of halogens is 2. The molecule has 0 saturated carbocycles. The summed E-state index contributed by atoms with van der Waals surface area (Å²) in [7, 11) is -3.93. The van der Waals surface area contributed by atoms with E-state index in [0.717, 1.165) is 4.47 Å². The van der Waals surface area contributed by atoms with Crippen LogP contribution in [0.5, 0.6) is 0 Å². The van der Waals surface area contributed by atoms with E-state index in [1.807, 2.05) is 0 Å². The van der Waals surface area contributed by atoms with Crippen molar-refractivity contribution in [3.05, 3.63) is 106 Å². The predicted octanol–water partition coefficient (Wildman–Crippen LogP) is 5.45. The third kappa shape index (κ3) is 4.84. The Morgan fingerprint density at radius 1 is 0.969 bits per heavy atom. The molecule has 0 fully saturated rings. The van der Waals surface area contributed by atoms with E-state index < -0.39 is 21.6 Å². The highest BCUT2D eigenvalue weighted by molar-refractivity contribution is 9.10. The monoisotopic (exact) mass is 517 g/mol. The van der Waals surface area contributed by atoms with E-state index in [-0.39, 0.29) is 28.8 Å². The fourth-order valence-corrected chi connectivity index (χ4v) is 4.55. The highest BCUT2D eigenvalue weighted by atomic mass is 79.9.